The average Bonchev–Trinajstić information content (AvgIpc) is 2.68. The molecule has 5 heteroatoms. The number of anilines is 1. The number of nitrogens with one attached hydrogen (secondary N) is 2. The van der Waals surface area contributed by atoms with Gasteiger partial charge in [-0.2, -0.15) is 0 Å². The van der Waals surface area contributed by atoms with E-state index in [1.807, 2.05) is 0 Å². The van der Waals surface area contributed by atoms with Crippen LogP contribution in [-0.2, 0) is 9.59 Å². The molecule has 0 spiro atoms. The molecular weight excluding hydrogens is 211 g/mol. The molecule has 16 heavy (non-hydrogen) atoms. The number of hydrogen-bond donors (Lipinski definition) is 2. The smallest absolute Gasteiger partial charge is 0.246 e. The lowest BCUT2D eigenvalue weighted by molar-refractivity contribution is -0.122. The second-order valence-electron chi connectivity index (χ2n) is 3.65. The Hall–Kier alpha value is -1.91. The van der Waals surface area contributed by atoms with Crippen LogP contribution in [-0.4, -0.2) is 17.9 Å². The van der Waals surface area contributed by atoms with Crippen LogP contribution in [0.5, 0.6) is 0 Å². The van der Waals surface area contributed by atoms with Gasteiger partial charge < -0.3 is 10.6 Å². The maximum absolute atomic E-state index is 12.6. The van der Waals surface area contributed by atoms with E-state index in [9.17, 15) is 14.0 Å². The Kier molecular flexibility index (Phi) is 2.85. The molecule has 1 fully saturated rings. The predicted octanol–water partition coefficient (Wildman–Crippen LogP) is 1.04. The van der Waals surface area contributed by atoms with Gasteiger partial charge in [-0.15, -0.1) is 0 Å². The van der Waals surface area contributed by atoms with E-state index in [0.717, 1.165) is 0 Å². The lowest BCUT2D eigenvalue weighted by Gasteiger charge is -2.10. The topological polar surface area (TPSA) is 58.2 Å². The van der Waals surface area contributed by atoms with Crippen molar-refractivity contribution in [3.8, 4) is 0 Å². The van der Waals surface area contributed by atoms with Crippen LogP contribution in [0.15, 0.2) is 24.3 Å². The lowest BCUT2D eigenvalue weighted by Crippen LogP contribution is -2.37. The van der Waals surface area contributed by atoms with E-state index in [0.29, 0.717) is 18.5 Å². The van der Waals surface area contributed by atoms with Crippen LogP contribution in [0.2, 0.25) is 0 Å². The summed E-state index contributed by atoms with van der Waals surface area (Å²) in [6.07, 6.45) is 0.882. The van der Waals surface area contributed by atoms with Crippen molar-refractivity contribution in [1.82, 2.24) is 5.32 Å². The SMILES string of the molecule is O=C1CC[C@@H](C(=O)Nc2ccc(F)cc2)N1. The molecule has 1 atom stereocenters. The van der Waals surface area contributed by atoms with Crippen molar-refractivity contribution in [3.05, 3.63) is 30.1 Å². The van der Waals surface area contributed by atoms with E-state index >= 15 is 0 Å². The van der Waals surface area contributed by atoms with E-state index in [-0.39, 0.29) is 17.6 Å². The molecule has 0 saturated carbocycles. The minimum Gasteiger partial charge on any atom is -0.344 e. The van der Waals surface area contributed by atoms with Gasteiger partial charge in [0.25, 0.3) is 0 Å². The Morgan fingerprint density at radius 1 is 1.38 bits per heavy atom. The molecule has 1 saturated heterocycles. The van der Waals surface area contributed by atoms with Crippen molar-refractivity contribution in [2.45, 2.75) is 18.9 Å². The van der Waals surface area contributed by atoms with E-state index in [1.165, 1.54) is 24.3 Å². The van der Waals surface area contributed by atoms with Crippen LogP contribution in [0, 0.1) is 5.82 Å². The summed E-state index contributed by atoms with van der Waals surface area (Å²) in [5.74, 6) is -0.733. The third-order valence-corrected chi connectivity index (χ3v) is 2.42. The monoisotopic (exact) mass is 222 g/mol. The zero-order valence-corrected chi connectivity index (χ0v) is 8.50. The molecule has 1 aliphatic rings. The Labute approximate surface area is 91.8 Å². The summed E-state index contributed by atoms with van der Waals surface area (Å²) in [6, 6.07) is 5.01. The minimum atomic E-state index is -0.474. The molecule has 2 rings (SSSR count). The number of carbonyl (C=O) groups excluding carboxylic acids is 2. The van der Waals surface area contributed by atoms with Crippen molar-refractivity contribution < 1.29 is 14.0 Å². The van der Waals surface area contributed by atoms with Crippen molar-refractivity contribution in [3.63, 3.8) is 0 Å². The number of hydrogen-bond acceptors (Lipinski definition) is 2. The van der Waals surface area contributed by atoms with E-state index in [1.54, 1.807) is 0 Å². The Balaban J connectivity index is 1.97. The molecule has 2 N–H and O–H groups in total. The normalized spacial score (nSPS) is 19.3. The van der Waals surface area contributed by atoms with E-state index in [4.69, 9.17) is 0 Å². The van der Waals surface area contributed by atoms with Gasteiger partial charge in [0.05, 0.1) is 0 Å². The van der Waals surface area contributed by atoms with Gasteiger partial charge in [0, 0.05) is 12.1 Å². The fraction of sp³-hybridized carbons (Fsp3) is 0.273. The van der Waals surface area contributed by atoms with Crippen LogP contribution in [0.25, 0.3) is 0 Å². The highest BCUT2D eigenvalue weighted by atomic mass is 19.1. The molecule has 0 bridgehead atoms. The molecule has 0 aromatic heterocycles. The van der Waals surface area contributed by atoms with Gasteiger partial charge in [0.15, 0.2) is 0 Å². The molecule has 1 heterocycles. The molecular formula is C11H11FN2O2. The van der Waals surface area contributed by atoms with Crippen LogP contribution < -0.4 is 10.6 Å². The molecule has 1 aliphatic heterocycles. The number of amides is 2. The van der Waals surface area contributed by atoms with Crippen LogP contribution in [0.1, 0.15) is 12.8 Å². The fourth-order valence-electron chi connectivity index (χ4n) is 1.57. The molecule has 84 valence electrons. The summed E-state index contributed by atoms with van der Waals surface area (Å²) in [7, 11) is 0. The number of rotatable bonds is 2. The van der Waals surface area contributed by atoms with Gasteiger partial charge in [-0.1, -0.05) is 0 Å². The van der Waals surface area contributed by atoms with Crippen molar-refractivity contribution in [1.29, 1.82) is 0 Å². The Morgan fingerprint density at radius 2 is 2.06 bits per heavy atom. The van der Waals surface area contributed by atoms with Gasteiger partial charge in [0.2, 0.25) is 11.8 Å². The first kappa shape index (κ1) is 10.6. The predicted molar refractivity (Wildman–Crippen MR) is 56.2 cm³/mol. The number of halogens is 1. The van der Waals surface area contributed by atoms with Gasteiger partial charge in [-0.3, -0.25) is 9.59 Å². The van der Waals surface area contributed by atoms with E-state index in [2.05, 4.69) is 10.6 Å². The standard InChI is InChI=1S/C11H11FN2O2/c12-7-1-3-8(4-2-7)13-11(16)9-5-6-10(15)14-9/h1-4,9H,5-6H2,(H,13,16)(H,14,15)/t9-/m0/s1. The Bertz CT molecular complexity index is 416. The van der Waals surface area contributed by atoms with E-state index < -0.39 is 6.04 Å². The zero-order chi connectivity index (χ0) is 11.5. The summed E-state index contributed by atoms with van der Waals surface area (Å²) in [6.45, 7) is 0. The second kappa shape index (κ2) is 4.30. The third kappa shape index (κ3) is 2.36. The minimum absolute atomic E-state index is 0.112. The number of carbonyl (C=O) groups is 2. The van der Waals surface area contributed by atoms with Crippen LogP contribution >= 0.6 is 0 Å². The highest BCUT2D eigenvalue weighted by Gasteiger charge is 2.26. The second-order valence-corrected chi connectivity index (χ2v) is 3.65. The fourth-order valence-corrected chi connectivity index (χ4v) is 1.57. The quantitative estimate of drug-likeness (QED) is 0.785. The summed E-state index contributed by atoms with van der Waals surface area (Å²) < 4.78 is 12.6. The first-order chi connectivity index (χ1) is 7.65. The average molecular weight is 222 g/mol. The summed E-state index contributed by atoms with van der Waals surface area (Å²) >= 11 is 0. The molecule has 0 radical (unpaired) electrons. The van der Waals surface area contributed by atoms with Crippen molar-refractivity contribution in [2.75, 3.05) is 5.32 Å². The Morgan fingerprint density at radius 3 is 2.62 bits per heavy atom. The molecule has 0 unspecified atom stereocenters. The largest absolute Gasteiger partial charge is 0.344 e. The van der Waals surface area contributed by atoms with Crippen molar-refractivity contribution in [2.24, 2.45) is 0 Å². The van der Waals surface area contributed by atoms with Gasteiger partial charge in [0.1, 0.15) is 11.9 Å². The summed E-state index contributed by atoms with van der Waals surface area (Å²) in [5.41, 5.74) is 0.521. The number of benzene rings is 1. The molecule has 1 aromatic carbocycles. The maximum atomic E-state index is 12.6. The highest BCUT2D eigenvalue weighted by Crippen LogP contribution is 2.12. The highest BCUT2D eigenvalue weighted by molar-refractivity contribution is 5.98. The first-order valence-electron chi connectivity index (χ1n) is 5.01. The van der Waals surface area contributed by atoms with Gasteiger partial charge in [-0.05, 0) is 30.7 Å². The lowest BCUT2D eigenvalue weighted by atomic mass is 10.2. The molecule has 0 aliphatic carbocycles. The molecule has 2 amide bonds. The molecule has 1 aromatic rings. The van der Waals surface area contributed by atoms with Gasteiger partial charge in [-0.25, -0.2) is 4.39 Å². The first-order valence-corrected chi connectivity index (χ1v) is 5.01. The summed E-state index contributed by atoms with van der Waals surface area (Å²) in [5, 5.41) is 5.17. The zero-order valence-electron chi connectivity index (χ0n) is 8.50. The van der Waals surface area contributed by atoms with Crippen LogP contribution in [0.3, 0.4) is 0 Å². The van der Waals surface area contributed by atoms with Crippen molar-refractivity contribution >= 4 is 17.5 Å². The maximum Gasteiger partial charge on any atom is 0.246 e. The third-order valence-electron chi connectivity index (χ3n) is 2.42. The summed E-state index contributed by atoms with van der Waals surface area (Å²) in [4.78, 5) is 22.5. The van der Waals surface area contributed by atoms with Gasteiger partial charge >= 0.3 is 0 Å². The van der Waals surface area contributed by atoms with Crippen LogP contribution in [0.4, 0.5) is 10.1 Å². The molecule has 4 nitrogen and oxygen atoms in total.